The maximum atomic E-state index is 2.65. The summed E-state index contributed by atoms with van der Waals surface area (Å²) >= 11 is 0. The molecule has 1 heterocycles. The molecule has 0 radical (unpaired) electrons. The van der Waals surface area contributed by atoms with Crippen LogP contribution in [0.5, 0.6) is 0 Å². The molecule has 2 rings (SSSR count). The quantitative estimate of drug-likeness (QED) is 0.656. The lowest BCUT2D eigenvalue weighted by atomic mass is 9.80. The molecule has 0 amide bonds. The Hall–Kier alpha value is -0.0800. The largest absolute Gasteiger partial charge is 0.306 e. The van der Waals surface area contributed by atoms with Crippen molar-refractivity contribution in [1.82, 2.24) is 9.80 Å². The van der Waals surface area contributed by atoms with Gasteiger partial charge in [0, 0.05) is 6.54 Å². The molecule has 2 nitrogen and oxygen atoms in total. The normalized spacial score (nSPS) is 29.7. The fourth-order valence-electron chi connectivity index (χ4n) is 4.72. The standard InChI is InChI=1S/C21H42N2/c1-22-16-11-8-12-17-23(2)19-21(15-18-22)20-13-9-6-4-3-5-7-10-14-20/h20-21H,3-19H2,1-2H3. The molecule has 1 saturated carbocycles. The molecule has 0 aromatic rings. The maximum absolute atomic E-state index is 2.65. The lowest BCUT2D eigenvalue weighted by molar-refractivity contribution is 0.173. The Morgan fingerprint density at radius 1 is 0.478 bits per heavy atom. The first-order valence-corrected chi connectivity index (χ1v) is 10.6. The fourth-order valence-corrected chi connectivity index (χ4v) is 4.72. The van der Waals surface area contributed by atoms with Gasteiger partial charge in [-0.15, -0.1) is 0 Å². The van der Waals surface area contributed by atoms with E-state index in [0.29, 0.717) is 0 Å². The SMILES string of the molecule is CN1CCCCCN(C)CC(C2CCCCCCCCC2)CC1. The van der Waals surface area contributed by atoms with Gasteiger partial charge < -0.3 is 9.80 Å². The summed E-state index contributed by atoms with van der Waals surface area (Å²) in [6.45, 7) is 5.28. The molecule has 2 aliphatic rings. The van der Waals surface area contributed by atoms with Crippen molar-refractivity contribution in [2.75, 3.05) is 40.3 Å². The van der Waals surface area contributed by atoms with Crippen LogP contribution in [-0.2, 0) is 0 Å². The van der Waals surface area contributed by atoms with E-state index in [0.717, 1.165) is 11.8 Å². The highest BCUT2D eigenvalue weighted by molar-refractivity contribution is 4.76. The van der Waals surface area contributed by atoms with Crippen molar-refractivity contribution in [3.05, 3.63) is 0 Å². The molecule has 136 valence electrons. The summed E-state index contributed by atoms with van der Waals surface area (Å²) in [6, 6.07) is 0. The van der Waals surface area contributed by atoms with Gasteiger partial charge in [0.15, 0.2) is 0 Å². The molecule has 1 unspecified atom stereocenters. The molecule has 1 aliphatic heterocycles. The Kier molecular flexibility index (Phi) is 9.60. The molecule has 23 heavy (non-hydrogen) atoms. The van der Waals surface area contributed by atoms with Gasteiger partial charge in [-0.1, -0.05) is 64.2 Å². The molecule has 1 aliphatic carbocycles. The first kappa shape index (κ1) is 19.2. The number of nitrogens with zero attached hydrogens (tertiary/aromatic N) is 2. The predicted molar refractivity (Wildman–Crippen MR) is 102 cm³/mol. The highest BCUT2D eigenvalue weighted by Gasteiger charge is 2.23. The van der Waals surface area contributed by atoms with Gasteiger partial charge in [0.2, 0.25) is 0 Å². The summed E-state index contributed by atoms with van der Waals surface area (Å²) in [5.74, 6) is 1.92. The number of hydrogen-bond acceptors (Lipinski definition) is 2. The average molecular weight is 323 g/mol. The van der Waals surface area contributed by atoms with E-state index in [1.165, 1.54) is 110 Å². The molecule has 0 spiro atoms. The first-order valence-electron chi connectivity index (χ1n) is 10.6. The molecule has 1 saturated heterocycles. The summed E-state index contributed by atoms with van der Waals surface area (Å²) in [5.41, 5.74) is 0. The van der Waals surface area contributed by atoms with Crippen molar-refractivity contribution in [3.63, 3.8) is 0 Å². The summed E-state index contributed by atoms with van der Waals surface area (Å²) in [5, 5.41) is 0. The fraction of sp³-hybridized carbons (Fsp3) is 1.00. The van der Waals surface area contributed by atoms with Crippen molar-refractivity contribution >= 4 is 0 Å². The van der Waals surface area contributed by atoms with Crippen LogP contribution < -0.4 is 0 Å². The van der Waals surface area contributed by atoms with Crippen molar-refractivity contribution in [3.8, 4) is 0 Å². The predicted octanol–water partition coefficient (Wildman–Crippen LogP) is 5.18. The smallest absolute Gasteiger partial charge is 0.000973 e. The lowest BCUT2D eigenvalue weighted by Crippen LogP contribution is -2.33. The van der Waals surface area contributed by atoms with E-state index in [-0.39, 0.29) is 0 Å². The second-order valence-electron chi connectivity index (χ2n) is 8.49. The Morgan fingerprint density at radius 2 is 1.00 bits per heavy atom. The molecule has 1 atom stereocenters. The highest BCUT2D eigenvalue weighted by Crippen LogP contribution is 2.30. The van der Waals surface area contributed by atoms with E-state index >= 15 is 0 Å². The number of rotatable bonds is 1. The summed E-state index contributed by atoms with van der Waals surface area (Å²) in [6.07, 6.45) is 19.0. The van der Waals surface area contributed by atoms with Crippen LogP contribution in [0.1, 0.15) is 83.5 Å². The van der Waals surface area contributed by atoms with E-state index in [2.05, 4.69) is 23.9 Å². The van der Waals surface area contributed by atoms with E-state index in [1.54, 1.807) is 0 Å². The van der Waals surface area contributed by atoms with Crippen LogP contribution in [0, 0.1) is 11.8 Å². The second kappa shape index (κ2) is 11.5. The van der Waals surface area contributed by atoms with Crippen molar-refractivity contribution in [2.45, 2.75) is 83.5 Å². The van der Waals surface area contributed by atoms with E-state index in [9.17, 15) is 0 Å². The zero-order valence-corrected chi connectivity index (χ0v) is 16.1. The van der Waals surface area contributed by atoms with Crippen molar-refractivity contribution < 1.29 is 0 Å². The van der Waals surface area contributed by atoms with E-state index in [4.69, 9.17) is 0 Å². The summed E-state index contributed by atoms with van der Waals surface area (Å²) in [4.78, 5) is 5.24. The van der Waals surface area contributed by atoms with Gasteiger partial charge >= 0.3 is 0 Å². The minimum Gasteiger partial charge on any atom is -0.306 e. The van der Waals surface area contributed by atoms with Gasteiger partial charge in [0.05, 0.1) is 0 Å². The molecule has 0 N–H and O–H groups in total. The van der Waals surface area contributed by atoms with Gasteiger partial charge in [-0.2, -0.15) is 0 Å². The highest BCUT2D eigenvalue weighted by atomic mass is 15.1. The Bertz CT molecular complexity index is 282. The van der Waals surface area contributed by atoms with Gasteiger partial charge in [0.1, 0.15) is 0 Å². The molecular weight excluding hydrogens is 280 g/mol. The average Bonchev–Trinajstić information content (AvgIpc) is 2.59. The monoisotopic (exact) mass is 322 g/mol. The van der Waals surface area contributed by atoms with Crippen molar-refractivity contribution in [2.24, 2.45) is 11.8 Å². The minimum atomic E-state index is 0.931. The molecule has 2 fully saturated rings. The Labute approximate surface area is 146 Å². The lowest BCUT2D eigenvalue weighted by Gasteiger charge is -2.32. The van der Waals surface area contributed by atoms with Gasteiger partial charge in [-0.25, -0.2) is 0 Å². The van der Waals surface area contributed by atoms with Crippen LogP contribution in [0.3, 0.4) is 0 Å². The van der Waals surface area contributed by atoms with Crippen LogP contribution in [0.25, 0.3) is 0 Å². The van der Waals surface area contributed by atoms with Gasteiger partial charge in [-0.05, 0) is 64.8 Å². The third-order valence-corrected chi connectivity index (χ3v) is 6.32. The van der Waals surface area contributed by atoms with E-state index in [1.807, 2.05) is 0 Å². The minimum absolute atomic E-state index is 0.931. The zero-order chi connectivity index (χ0) is 16.3. The first-order chi connectivity index (χ1) is 11.3. The molecule has 0 aromatic heterocycles. The molecule has 2 heteroatoms. The second-order valence-corrected chi connectivity index (χ2v) is 8.49. The Morgan fingerprint density at radius 3 is 1.65 bits per heavy atom. The molecule has 0 bridgehead atoms. The maximum Gasteiger partial charge on any atom is 0.000973 e. The van der Waals surface area contributed by atoms with Crippen LogP contribution in [0.15, 0.2) is 0 Å². The zero-order valence-electron chi connectivity index (χ0n) is 16.1. The van der Waals surface area contributed by atoms with Gasteiger partial charge in [-0.3, -0.25) is 0 Å². The third kappa shape index (κ3) is 8.03. The third-order valence-electron chi connectivity index (χ3n) is 6.32. The van der Waals surface area contributed by atoms with Gasteiger partial charge in [0.25, 0.3) is 0 Å². The number of hydrogen-bond donors (Lipinski definition) is 0. The Balaban J connectivity index is 1.93. The van der Waals surface area contributed by atoms with Crippen LogP contribution in [-0.4, -0.2) is 50.1 Å². The van der Waals surface area contributed by atoms with E-state index < -0.39 is 0 Å². The topological polar surface area (TPSA) is 6.48 Å². The molecular formula is C21H42N2. The van der Waals surface area contributed by atoms with Crippen molar-refractivity contribution in [1.29, 1.82) is 0 Å². The van der Waals surface area contributed by atoms with Crippen LogP contribution in [0.2, 0.25) is 0 Å². The van der Waals surface area contributed by atoms with Crippen LogP contribution >= 0.6 is 0 Å². The summed E-state index contributed by atoms with van der Waals surface area (Å²) < 4.78 is 0. The summed E-state index contributed by atoms with van der Waals surface area (Å²) in [7, 11) is 4.71. The van der Waals surface area contributed by atoms with Crippen LogP contribution in [0.4, 0.5) is 0 Å². The molecule has 0 aromatic carbocycles.